The number of nitrogens with zero attached hydrogens (tertiary/aromatic N) is 1. The summed E-state index contributed by atoms with van der Waals surface area (Å²) >= 11 is 5.78. The molecule has 1 aromatic carbocycles. The first kappa shape index (κ1) is 12.1. The van der Waals surface area contributed by atoms with Crippen LogP contribution in [0.2, 0.25) is 5.02 Å². The minimum absolute atomic E-state index is 0.180. The van der Waals surface area contributed by atoms with Crippen molar-refractivity contribution in [2.24, 2.45) is 0 Å². The van der Waals surface area contributed by atoms with Crippen molar-refractivity contribution in [2.45, 2.75) is 6.42 Å². The number of halogens is 1. The van der Waals surface area contributed by atoms with E-state index in [4.69, 9.17) is 11.6 Å². The molecule has 0 amide bonds. The molecule has 0 bridgehead atoms. The highest BCUT2D eigenvalue weighted by Gasteiger charge is 2.24. The smallest absolute Gasteiger partial charge is 0.327 e. The van der Waals surface area contributed by atoms with Crippen LogP contribution in [0.15, 0.2) is 24.3 Å². The third-order valence-corrected chi connectivity index (χ3v) is 2.82. The van der Waals surface area contributed by atoms with E-state index in [0.29, 0.717) is 11.6 Å². The Morgan fingerprint density at radius 2 is 1.71 bits per heavy atom. The monoisotopic (exact) mass is 253 g/mol. The van der Waals surface area contributed by atoms with Crippen LogP contribution in [0.5, 0.6) is 0 Å². The fourth-order valence-electron chi connectivity index (χ4n) is 1.71. The molecule has 5 heteroatoms. The molecule has 0 radical (unpaired) electrons. The van der Waals surface area contributed by atoms with Crippen LogP contribution in [0, 0.1) is 0 Å². The summed E-state index contributed by atoms with van der Waals surface area (Å²) in [6, 6.07) is 7.53. The lowest BCUT2D eigenvalue weighted by molar-refractivity contribution is -0.166. The van der Waals surface area contributed by atoms with Gasteiger partial charge in [-0.25, -0.2) is 0 Å². The van der Waals surface area contributed by atoms with E-state index in [0.717, 1.165) is 12.0 Å². The van der Waals surface area contributed by atoms with Crippen LogP contribution < -0.4 is 0 Å². The second-order valence-corrected chi connectivity index (χ2v) is 4.37. The van der Waals surface area contributed by atoms with Crippen molar-refractivity contribution in [3.8, 4) is 0 Å². The van der Waals surface area contributed by atoms with Gasteiger partial charge >= 0.3 is 11.9 Å². The Kier molecular flexibility index (Phi) is 3.76. The molecule has 2 rings (SSSR count). The van der Waals surface area contributed by atoms with Crippen LogP contribution in [0.1, 0.15) is 5.56 Å². The van der Waals surface area contributed by atoms with Crippen LogP contribution in [0.4, 0.5) is 0 Å². The van der Waals surface area contributed by atoms with Gasteiger partial charge in [-0.1, -0.05) is 23.7 Å². The van der Waals surface area contributed by atoms with Gasteiger partial charge in [-0.3, -0.25) is 14.5 Å². The van der Waals surface area contributed by atoms with E-state index in [2.05, 4.69) is 4.74 Å². The van der Waals surface area contributed by atoms with Crippen molar-refractivity contribution in [2.75, 3.05) is 19.6 Å². The molecule has 0 saturated carbocycles. The quantitative estimate of drug-likeness (QED) is 0.601. The van der Waals surface area contributed by atoms with Gasteiger partial charge in [0, 0.05) is 11.6 Å². The van der Waals surface area contributed by atoms with Crippen molar-refractivity contribution >= 4 is 23.5 Å². The third-order valence-electron chi connectivity index (χ3n) is 2.56. The van der Waals surface area contributed by atoms with Crippen LogP contribution in [-0.4, -0.2) is 36.5 Å². The maximum Gasteiger partial charge on any atom is 0.327 e. The number of benzene rings is 1. The molecule has 1 aliphatic heterocycles. The van der Waals surface area contributed by atoms with Gasteiger partial charge in [0.15, 0.2) is 0 Å². The third kappa shape index (κ3) is 3.54. The SMILES string of the molecule is O=C1CN(CCc2ccc(Cl)cc2)CC(=O)O1. The minimum Gasteiger partial charge on any atom is -0.391 e. The predicted molar refractivity (Wildman–Crippen MR) is 62.7 cm³/mol. The largest absolute Gasteiger partial charge is 0.391 e. The van der Waals surface area contributed by atoms with Crippen molar-refractivity contribution < 1.29 is 14.3 Å². The number of carbonyl (C=O) groups excluding carboxylic acids is 2. The molecular formula is C12H12ClNO3. The Hall–Kier alpha value is -1.39. The topological polar surface area (TPSA) is 46.6 Å². The molecular weight excluding hydrogens is 242 g/mol. The number of hydrogen-bond acceptors (Lipinski definition) is 4. The summed E-state index contributed by atoms with van der Waals surface area (Å²) in [5.74, 6) is -0.949. The zero-order chi connectivity index (χ0) is 12.3. The van der Waals surface area contributed by atoms with Gasteiger partial charge in [0.25, 0.3) is 0 Å². The molecule has 0 aliphatic carbocycles. The number of rotatable bonds is 3. The minimum atomic E-state index is -0.475. The lowest BCUT2D eigenvalue weighted by Gasteiger charge is -2.23. The fourth-order valence-corrected chi connectivity index (χ4v) is 1.83. The molecule has 90 valence electrons. The number of morpholine rings is 1. The molecule has 0 atom stereocenters. The van der Waals surface area contributed by atoms with Gasteiger partial charge < -0.3 is 4.74 Å². The van der Waals surface area contributed by atoms with Gasteiger partial charge in [0.1, 0.15) is 0 Å². The van der Waals surface area contributed by atoms with E-state index in [1.54, 1.807) is 4.90 Å². The maximum absolute atomic E-state index is 11.0. The summed E-state index contributed by atoms with van der Waals surface area (Å²) in [6.45, 7) is 1.02. The van der Waals surface area contributed by atoms with E-state index >= 15 is 0 Å². The molecule has 0 N–H and O–H groups in total. The number of esters is 2. The van der Waals surface area contributed by atoms with Gasteiger partial charge in [-0.15, -0.1) is 0 Å². The average molecular weight is 254 g/mol. The Morgan fingerprint density at radius 1 is 1.12 bits per heavy atom. The average Bonchev–Trinajstić information content (AvgIpc) is 2.27. The van der Waals surface area contributed by atoms with Crippen molar-refractivity contribution in [3.63, 3.8) is 0 Å². The molecule has 1 heterocycles. The standard InChI is InChI=1S/C12H12ClNO3/c13-10-3-1-9(2-4-10)5-6-14-7-11(15)17-12(16)8-14/h1-4H,5-8H2. The highest BCUT2D eigenvalue weighted by atomic mass is 35.5. The summed E-state index contributed by atoms with van der Waals surface area (Å²) in [7, 11) is 0. The maximum atomic E-state index is 11.0. The van der Waals surface area contributed by atoms with Crippen molar-refractivity contribution in [3.05, 3.63) is 34.9 Å². The van der Waals surface area contributed by atoms with Crippen LogP contribution in [-0.2, 0) is 20.7 Å². The lowest BCUT2D eigenvalue weighted by atomic mass is 10.1. The van der Waals surface area contributed by atoms with Gasteiger partial charge in [-0.05, 0) is 24.1 Å². The molecule has 1 aromatic rings. The zero-order valence-corrected chi connectivity index (χ0v) is 9.94. The molecule has 4 nitrogen and oxygen atoms in total. The zero-order valence-electron chi connectivity index (χ0n) is 9.19. The summed E-state index contributed by atoms with van der Waals surface area (Å²) in [4.78, 5) is 23.9. The Bertz CT molecular complexity index is 414. The molecule has 1 aliphatic rings. The number of ether oxygens (including phenoxy) is 1. The van der Waals surface area contributed by atoms with E-state index in [-0.39, 0.29) is 13.1 Å². The first-order valence-electron chi connectivity index (χ1n) is 5.34. The van der Waals surface area contributed by atoms with Gasteiger partial charge in [0.2, 0.25) is 0 Å². The van der Waals surface area contributed by atoms with E-state index in [1.807, 2.05) is 24.3 Å². The molecule has 0 spiro atoms. The Labute approximate surface area is 104 Å². The molecule has 0 unspecified atom stereocenters. The van der Waals surface area contributed by atoms with Gasteiger partial charge in [0.05, 0.1) is 13.1 Å². The lowest BCUT2D eigenvalue weighted by Crippen LogP contribution is -2.43. The van der Waals surface area contributed by atoms with E-state index < -0.39 is 11.9 Å². The number of hydrogen-bond donors (Lipinski definition) is 0. The molecule has 1 saturated heterocycles. The first-order valence-corrected chi connectivity index (χ1v) is 5.71. The highest BCUT2D eigenvalue weighted by molar-refractivity contribution is 6.30. The first-order chi connectivity index (χ1) is 8.13. The predicted octanol–water partition coefficient (Wildman–Crippen LogP) is 1.27. The Balaban J connectivity index is 1.87. The fraction of sp³-hybridized carbons (Fsp3) is 0.333. The van der Waals surface area contributed by atoms with Crippen LogP contribution in [0.25, 0.3) is 0 Å². The normalized spacial score (nSPS) is 17.0. The second kappa shape index (κ2) is 5.29. The van der Waals surface area contributed by atoms with Gasteiger partial charge in [-0.2, -0.15) is 0 Å². The van der Waals surface area contributed by atoms with E-state index in [1.165, 1.54) is 0 Å². The second-order valence-electron chi connectivity index (χ2n) is 3.93. The molecule has 17 heavy (non-hydrogen) atoms. The summed E-state index contributed by atoms with van der Waals surface area (Å²) < 4.78 is 4.45. The van der Waals surface area contributed by atoms with Crippen molar-refractivity contribution in [1.82, 2.24) is 4.90 Å². The van der Waals surface area contributed by atoms with Crippen LogP contribution in [0.3, 0.4) is 0 Å². The highest BCUT2D eigenvalue weighted by Crippen LogP contribution is 2.10. The molecule has 0 aromatic heterocycles. The van der Waals surface area contributed by atoms with Crippen LogP contribution >= 0.6 is 11.6 Å². The molecule has 1 fully saturated rings. The summed E-state index contributed by atoms with van der Waals surface area (Å²) in [5, 5.41) is 0.700. The summed E-state index contributed by atoms with van der Waals surface area (Å²) in [5.41, 5.74) is 1.13. The van der Waals surface area contributed by atoms with Crippen molar-refractivity contribution in [1.29, 1.82) is 0 Å². The number of cyclic esters (lactones) is 2. The Morgan fingerprint density at radius 3 is 2.29 bits per heavy atom. The van der Waals surface area contributed by atoms with E-state index in [9.17, 15) is 9.59 Å². The number of carbonyl (C=O) groups is 2. The summed E-state index contributed by atoms with van der Waals surface area (Å²) in [6.07, 6.45) is 0.776.